The van der Waals surface area contributed by atoms with Crippen LogP contribution in [0.2, 0.25) is 0 Å². The normalized spacial score (nSPS) is 14.4. The number of hydrogen-bond donors (Lipinski definition) is 1. The van der Waals surface area contributed by atoms with Crippen LogP contribution < -0.4 is 10.3 Å². The van der Waals surface area contributed by atoms with Crippen LogP contribution in [0.4, 0.5) is 11.8 Å². The van der Waals surface area contributed by atoms with E-state index in [2.05, 4.69) is 45.6 Å². The molecule has 32 heavy (non-hydrogen) atoms. The van der Waals surface area contributed by atoms with Crippen LogP contribution in [0, 0.1) is 6.92 Å². The van der Waals surface area contributed by atoms with Crippen molar-refractivity contribution in [1.29, 1.82) is 0 Å². The van der Waals surface area contributed by atoms with Gasteiger partial charge in [-0.2, -0.15) is 15.2 Å². The Morgan fingerprint density at radius 2 is 1.94 bits per heavy atom. The molecule has 0 aliphatic carbocycles. The average Bonchev–Trinajstić information content (AvgIpc) is 3.25. The first-order valence-corrected chi connectivity index (χ1v) is 10.7. The molecule has 0 radical (unpaired) electrons. The summed E-state index contributed by atoms with van der Waals surface area (Å²) in [7, 11) is 1.91. The van der Waals surface area contributed by atoms with Crippen molar-refractivity contribution in [2.45, 2.75) is 6.92 Å². The minimum atomic E-state index is 0.667. The van der Waals surface area contributed by atoms with Crippen LogP contribution in [0.15, 0.2) is 60.0 Å². The molecule has 1 aliphatic rings. The number of morpholine rings is 1. The fourth-order valence-corrected chi connectivity index (χ4v) is 3.84. The van der Waals surface area contributed by atoms with E-state index < -0.39 is 0 Å². The molecule has 1 N–H and O–H groups in total. The summed E-state index contributed by atoms with van der Waals surface area (Å²) in [5.41, 5.74) is 8.27. The summed E-state index contributed by atoms with van der Waals surface area (Å²) in [5, 5.41) is 9.71. The molecule has 0 unspecified atom stereocenters. The number of anilines is 2. The first kappa shape index (κ1) is 20.1. The van der Waals surface area contributed by atoms with Crippen molar-refractivity contribution in [2.75, 3.05) is 36.6 Å². The Kier molecular flexibility index (Phi) is 5.51. The van der Waals surface area contributed by atoms with E-state index in [0.717, 1.165) is 40.7 Å². The predicted molar refractivity (Wildman–Crippen MR) is 127 cm³/mol. The third kappa shape index (κ3) is 4.17. The second-order valence-electron chi connectivity index (χ2n) is 7.86. The quantitative estimate of drug-likeness (QED) is 0.387. The molecule has 162 valence electrons. The molecule has 2 aromatic carbocycles. The summed E-state index contributed by atoms with van der Waals surface area (Å²) < 4.78 is 7.31. The van der Waals surface area contributed by atoms with Crippen LogP contribution in [0.5, 0.6) is 0 Å². The molecule has 2 aromatic heterocycles. The number of aromatic nitrogens is 4. The predicted octanol–water partition coefficient (Wildman–Crippen LogP) is 3.62. The lowest BCUT2D eigenvalue weighted by Crippen LogP contribution is -2.37. The van der Waals surface area contributed by atoms with Gasteiger partial charge in [0.2, 0.25) is 5.95 Å². The van der Waals surface area contributed by atoms with Gasteiger partial charge in [-0.05, 0) is 18.6 Å². The maximum Gasteiger partial charge on any atom is 0.228 e. The average molecular weight is 428 g/mol. The molecule has 3 heterocycles. The molecule has 5 rings (SSSR count). The molecular formula is C24H25N7O. The highest BCUT2D eigenvalue weighted by molar-refractivity contribution is 6.00. The second kappa shape index (κ2) is 8.76. The standard InChI is InChI=1S/C24H25N7O/c1-17-5-3-6-18(13-17)14-25-29-23-21-8-4-7-20(19-15-26-30(2)16-19)22(21)27-24(28-23)31-9-11-32-12-10-31/h3-8,13-16H,9-12H2,1-2H3,(H,27,28,29)/b25-14+. The van der Waals surface area contributed by atoms with Crippen LogP contribution in [0.1, 0.15) is 11.1 Å². The fraction of sp³-hybridized carbons (Fsp3) is 0.250. The molecule has 8 nitrogen and oxygen atoms in total. The van der Waals surface area contributed by atoms with E-state index in [1.807, 2.05) is 43.7 Å². The van der Waals surface area contributed by atoms with Crippen LogP contribution in [-0.4, -0.2) is 52.3 Å². The molecule has 0 bridgehead atoms. The Hall–Kier alpha value is -3.78. The largest absolute Gasteiger partial charge is 0.378 e. The minimum absolute atomic E-state index is 0.667. The van der Waals surface area contributed by atoms with Crippen LogP contribution in [-0.2, 0) is 11.8 Å². The minimum Gasteiger partial charge on any atom is -0.378 e. The second-order valence-corrected chi connectivity index (χ2v) is 7.86. The van der Waals surface area contributed by atoms with Gasteiger partial charge in [0.25, 0.3) is 0 Å². The van der Waals surface area contributed by atoms with E-state index in [1.54, 1.807) is 10.9 Å². The maximum absolute atomic E-state index is 5.51. The van der Waals surface area contributed by atoms with Crippen molar-refractivity contribution in [2.24, 2.45) is 12.1 Å². The molecule has 8 heteroatoms. The van der Waals surface area contributed by atoms with E-state index in [1.165, 1.54) is 5.56 Å². The lowest BCUT2D eigenvalue weighted by molar-refractivity contribution is 0.122. The molecular weight excluding hydrogens is 402 g/mol. The van der Waals surface area contributed by atoms with E-state index in [4.69, 9.17) is 14.7 Å². The van der Waals surface area contributed by atoms with Crippen molar-refractivity contribution in [3.8, 4) is 11.1 Å². The highest BCUT2D eigenvalue weighted by atomic mass is 16.5. The van der Waals surface area contributed by atoms with Gasteiger partial charge in [-0.3, -0.25) is 10.1 Å². The molecule has 1 aliphatic heterocycles. The third-order valence-corrected chi connectivity index (χ3v) is 5.45. The summed E-state index contributed by atoms with van der Waals surface area (Å²) in [6.45, 7) is 4.91. The Morgan fingerprint density at radius 1 is 1.09 bits per heavy atom. The van der Waals surface area contributed by atoms with Gasteiger partial charge in [0, 0.05) is 42.8 Å². The number of para-hydroxylation sites is 1. The Morgan fingerprint density at radius 3 is 2.72 bits per heavy atom. The summed E-state index contributed by atoms with van der Waals surface area (Å²) in [4.78, 5) is 11.9. The van der Waals surface area contributed by atoms with Crippen molar-refractivity contribution >= 4 is 28.9 Å². The van der Waals surface area contributed by atoms with Gasteiger partial charge in [-0.15, -0.1) is 0 Å². The lowest BCUT2D eigenvalue weighted by Gasteiger charge is -2.27. The summed E-state index contributed by atoms with van der Waals surface area (Å²) in [6, 6.07) is 14.3. The van der Waals surface area contributed by atoms with Crippen LogP contribution in [0.3, 0.4) is 0 Å². The number of ether oxygens (including phenoxy) is 1. The molecule has 4 aromatic rings. The molecule has 0 saturated carbocycles. The van der Waals surface area contributed by atoms with Gasteiger partial charge in [-0.25, -0.2) is 4.98 Å². The summed E-state index contributed by atoms with van der Waals surface area (Å²) in [6.07, 6.45) is 5.66. The van der Waals surface area contributed by atoms with Gasteiger partial charge < -0.3 is 9.64 Å². The molecule has 0 amide bonds. The number of benzene rings is 2. The Bertz CT molecular complexity index is 1270. The molecule has 0 spiro atoms. The zero-order valence-corrected chi connectivity index (χ0v) is 18.2. The van der Waals surface area contributed by atoms with E-state index >= 15 is 0 Å². The molecule has 1 fully saturated rings. The number of hydrazone groups is 1. The smallest absolute Gasteiger partial charge is 0.228 e. The number of rotatable bonds is 5. The van der Waals surface area contributed by atoms with E-state index in [0.29, 0.717) is 25.0 Å². The zero-order chi connectivity index (χ0) is 21.9. The van der Waals surface area contributed by atoms with Gasteiger partial charge in [0.05, 0.1) is 31.1 Å². The fourth-order valence-electron chi connectivity index (χ4n) is 3.84. The monoisotopic (exact) mass is 427 g/mol. The molecule has 0 atom stereocenters. The number of fused-ring (bicyclic) bond motifs is 1. The van der Waals surface area contributed by atoms with Gasteiger partial charge in [0.15, 0.2) is 5.82 Å². The SMILES string of the molecule is Cc1cccc(/C=N/Nc2nc(N3CCOCC3)nc3c(-c4cnn(C)c4)cccc23)c1. The zero-order valence-electron chi connectivity index (χ0n) is 18.2. The van der Waals surface area contributed by atoms with Gasteiger partial charge >= 0.3 is 0 Å². The highest BCUT2D eigenvalue weighted by Crippen LogP contribution is 2.32. The van der Waals surface area contributed by atoms with Crippen LogP contribution in [0.25, 0.3) is 22.0 Å². The van der Waals surface area contributed by atoms with E-state index in [-0.39, 0.29) is 0 Å². The summed E-state index contributed by atoms with van der Waals surface area (Å²) in [5.74, 6) is 1.34. The number of hydrogen-bond acceptors (Lipinski definition) is 7. The van der Waals surface area contributed by atoms with E-state index in [9.17, 15) is 0 Å². The highest BCUT2D eigenvalue weighted by Gasteiger charge is 2.18. The van der Waals surface area contributed by atoms with Crippen molar-refractivity contribution in [3.63, 3.8) is 0 Å². The maximum atomic E-state index is 5.51. The number of nitrogens with one attached hydrogen (secondary N) is 1. The summed E-state index contributed by atoms with van der Waals surface area (Å²) >= 11 is 0. The van der Waals surface area contributed by atoms with Crippen molar-refractivity contribution in [1.82, 2.24) is 19.7 Å². The van der Waals surface area contributed by atoms with Gasteiger partial charge in [0.1, 0.15) is 0 Å². The van der Waals surface area contributed by atoms with Crippen LogP contribution >= 0.6 is 0 Å². The van der Waals surface area contributed by atoms with Gasteiger partial charge in [-0.1, -0.05) is 42.0 Å². The topological polar surface area (TPSA) is 80.5 Å². The Balaban J connectivity index is 1.58. The van der Waals surface area contributed by atoms with Crippen molar-refractivity contribution in [3.05, 3.63) is 66.0 Å². The first-order valence-electron chi connectivity index (χ1n) is 10.7. The van der Waals surface area contributed by atoms with Crippen molar-refractivity contribution < 1.29 is 4.74 Å². The Labute approximate surface area is 186 Å². The lowest BCUT2D eigenvalue weighted by atomic mass is 10.1. The number of nitrogens with zero attached hydrogens (tertiary/aromatic N) is 6. The third-order valence-electron chi connectivity index (χ3n) is 5.45. The molecule has 1 saturated heterocycles. The first-order chi connectivity index (χ1) is 15.7. The number of aryl methyl sites for hydroxylation is 2.